The summed E-state index contributed by atoms with van der Waals surface area (Å²) >= 11 is 0. The number of imidazole rings is 1. The minimum atomic E-state index is -0.214. The second-order valence-corrected chi connectivity index (χ2v) is 8.27. The molecule has 0 saturated heterocycles. The Balaban J connectivity index is 1.28. The minimum Gasteiger partial charge on any atom is -0.337 e. The van der Waals surface area contributed by atoms with Crippen LogP contribution in [0.5, 0.6) is 0 Å². The Bertz CT molecular complexity index is 1280. The Hall–Kier alpha value is -4.07. The molecule has 1 saturated carbocycles. The summed E-state index contributed by atoms with van der Waals surface area (Å²) in [5.74, 6) is 1.11. The molecular weight excluding hydrogens is 416 g/mol. The molecule has 1 fully saturated rings. The van der Waals surface area contributed by atoms with Gasteiger partial charge in [-0.05, 0) is 49.2 Å². The van der Waals surface area contributed by atoms with Crippen LogP contribution in [0.1, 0.15) is 42.5 Å². The van der Waals surface area contributed by atoms with Crippen LogP contribution >= 0.6 is 0 Å². The summed E-state index contributed by atoms with van der Waals surface area (Å²) in [6.45, 7) is 0. The summed E-state index contributed by atoms with van der Waals surface area (Å²) in [6, 6.07) is 12.6. The zero-order valence-corrected chi connectivity index (χ0v) is 18.0. The maximum absolute atomic E-state index is 12.5. The smallest absolute Gasteiger partial charge is 0.257 e. The van der Waals surface area contributed by atoms with Gasteiger partial charge in [-0.25, -0.2) is 9.97 Å². The van der Waals surface area contributed by atoms with Crippen molar-refractivity contribution in [3.05, 3.63) is 66.6 Å². The molecule has 0 unspecified atom stereocenters. The first-order chi connectivity index (χ1) is 16.2. The van der Waals surface area contributed by atoms with Crippen LogP contribution in [0.25, 0.3) is 22.4 Å². The number of nitrogens with zero attached hydrogens (tertiary/aromatic N) is 3. The molecule has 0 aliphatic heterocycles. The minimum absolute atomic E-state index is 0.0428. The number of anilines is 2. The molecule has 1 aliphatic rings. The third-order valence-corrected chi connectivity index (χ3v) is 5.93. The molecule has 33 heavy (non-hydrogen) atoms. The summed E-state index contributed by atoms with van der Waals surface area (Å²) in [5.41, 5.74) is 3.57. The van der Waals surface area contributed by atoms with Crippen molar-refractivity contribution in [1.82, 2.24) is 19.9 Å². The van der Waals surface area contributed by atoms with Crippen LogP contribution in [0, 0.1) is 5.92 Å². The van der Waals surface area contributed by atoms with Crippen LogP contribution in [-0.2, 0) is 4.79 Å². The van der Waals surface area contributed by atoms with Gasteiger partial charge in [-0.1, -0.05) is 19.3 Å². The fourth-order valence-corrected chi connectivity index (χ4v) is 4.12. The maximum Gasteiger partial charge on any atom is 0.257 e. The topological polar surface area (TPSA) is 113 Å². The second kappa shape index (κ2) is 9.20. The van der Waals surface area contributed by atoms with Crippen molar-refractivity contribution in [1.29, 1.82) is 0 Å². The molecule has 3 heterocycles. The second-order valence-electron chi connectivity index (χ2n) is 8.27. The molecule has 8 heteroatoms. The molecule has 0 spiro atoms. The van der Waals surface area contributed by atoms with E-state index in [0.717, 1.165) is 42.3 Å². The predicted octanol–water partition coefficient (Wildman–Crippen LogP) is 4.79. The van der Waals surface area contributed by atoms with Gasteiger partial charge in [0.15, 0.2) is 0 Å². The first-order valence-corrected chi connectivity index (χ1v) is 11.1. The lowest BCUT2D eigenvalue weighted by Gasteiger charge is -2.20. The fraction of sp³-hybridized carbons (Fsp3) is 0.240. The lowest BCUT2D eigenvalue weighted by Crippen LogP contribution is -2.25. The fourth-order valence-electron chi connectivity index (χ4n) is 4.12. The van der Waals surface area contributed by atoms with Crippen molar-refractivity contribution in [3.8, 4) is 11.4 Å². The van der Waals surface area contributed by atoms with Crippen LogP contribution in [0.4, 0.5) is 11.5 Å². The lowest BCUT2D eigenvalue weighted by atomic mass is 9.89. The van der Waals surface area contributed by atoms with Crippen LogP contribution in [0.2, 0.25) is 0 Å². The summed E-state index contributed by atoms with van der Waals surface area (Å²) in [4.78, 5) is 41.1. The average molecular weight is 441 g/mol. The molecule has 1 aliphatic carbocycles. The van der Waals surface area contributed by atoms with Gasteiger partial charge in [-0.2, -0.15) is 0 Å². The molecule has 0 atom stereocenters. The lowest BCUT2D eigenvalue weighted by molar-refractivity contribution is -0.120. The van der Waals surface area contributed by atoms with Crippen LogP contribution in [0.15, 0.2) is 61.1 Å². The number of carbonyl (C=O) groups is 2. The van der Waals surface area contributed by atoms with Crippen LogP contribution in [0.3, 0.4) is 0 Å². The van der Waals surface area contributed by atoms with Crippen molar-refractivity contribution in [2.45, 2.75) is 32.1 Å². The summed E-state index contributed by atoms with van der Waals surface area (Å²) in [7, 11) is 0. The van der Waals surface area contributed by atoms with E-state index in [2.05, 4.69) is 30.6 Å². The van der Waals surface area contributed by atoms with Crippen molar-refractivity contribution in [3.63, 3.8) is 0 Å². The van der Waals surface area contributed by atoms with Gasteiger partial charge in [0.1, 0.15) is 11.6 Å². The molecule has 1 aromatic carbocycles. The molecule has 2 amide bonds. The molecular formula is C25H24N6O2. The molecule has 166 valence electrons. The first-order valence-electron chi connectivity index (χ1n) is 11.1. The van der Waals surface area contributed by atoms with Gasteiger partial charge in [0, 0.05) is 35.6 Å². The number of aromatic amines is 1. The highest BCUT2D eigenvalue weighted by molar-refractivity contribution is 6.04. The van der Waals surface area contributed by atoms with Gasteiger partial charge >= 0.3 is 0 Å². The van der Waals surface area contributed by atoms with Gasteiger partial charge in [-0.15, -0.1) is 0 Å². The summed E-state index contributed by atoms with van der Waals surface area (Å²) in [5, 5.41) is 5.80. The normalized spacial score (nSPS) is 14.2. The molecule has 0 bridgehead atoms. The predicted molar refractivity (Wildman–Crippen MR) is 127 cm³/mol. The van der Waals surface area contributed by atoms with Crippen molar-refractivity contribution < 1.29 is 9.59 Å². The van der Waals surface area contributed by atoms with E-state index in [9.17, 15) is 9.59 Å². The number of aromatic nitrogens is 4. The first kappa shape index (κ1) is 20.8. The number of pyridine rings is 2. The molecule has 0 radical (unpaired) electrons. The number of fused-ring (bicyclic) bond motifs is 1. The van der Waals surface area contributed by atoms with Crippen molar-refractivity contribution >= 4 is 34.4 Å². The third kappa shape index (κ3) is 4.74. The highest BCUT2D eigenvalue weighted by atomic mass is 16.2. The van der Waals surface area contributed by atoms with E-state index >= 15 is 0 Å². The highest BCUT2D eigenvalue weighted by Gasteiger charge is 2.21. The van der Waals surface area contributed by atoms with E-state index in [1.165, 1.54) is 12.6 Å². The van der Waals surface area contributed by atoms with Crippen molar-refractivity contribution in [2.24, 2.45) is 5.92 Å². The van der Waals surface area contributed by atoms with Gasteiger partial charge in [0.05, 0.1) is 22.8 Å². The Morgan fingerprint density at radius 1 is 0.970 bits per heavy atom. The maximum atomic E-state index is 12.5. The van der Waals surface area contributed by atoms with Crippen LogP contribution in [-0.4, -0.2) is 31.8 Å². The van der Waals surface area contributed by atoms with Gasteiger partial charge in [0.25, 0.3) is 5.91 Å². The molecule has 3 aromatic heterocycles. The molecule has 4 aromatic rings. The van der Waals surface area contributed by atoms with Crippen LogP contribution < -0.4 is 10.6 Å². The highest BCUT2D eigenvalue weighted by Crippen LogP contribution is 2.26. The average Bonchev–Trinajstić information content (AvgIpc) is 3.29. The van der Waals surface area contributed by atoms with E-state index in [-0.39, 0.29) is 17.7 Å². The summed E-state index contributed by atoms with van der Waals surface area (Å²) < 4.78 is 0. The number of H-pyrrole nitrogens is 1. The molecule has 5 rings (SSSR count). The number of carbonyl (C=O) groups excluding carboxylic acids is 2. The number of rotatable bonds is 5. The number of benzene rings is 1. The van der Waals surface area contributed by atoms with Gasteiger partial charge in [0.2, 0.25) is 5.91 Å². The van der Waals surface area contributed by atoms with Gasteiger partial charge < -0.3 is 15.6 Å². The molecule has 8 nitrogen and oxygen atoms in total. The van der Waals surface area contributed by atoms with E-state index in [4.69, 9.17) is 0 Å². The number of amides is 2. The Kier molecular flexibility index (Phi) is 5.80. The zero-order valence-electron chi connectivity index (χ0n) is 18.0. The zero-order chi connectivity index (χ0) is 22.6. The largest absolute Gasteiger partial charge is 0.337 e. The quantitative estimate of drug-likeness (QED) is 0.413. The monoisotopic (exact) mass is 440 g/mol. The SMILES string of the molecule is O=C(Nc1ccc(-c2nc3cc(NC(=O)C4CCCCC4)ncc3[nH]2)cc1)c1cccnc1. The van der Waals surface area contributed by atoms with E-state index < -0.39 is 0 Å². The molecule has 3 N–H and O–H groups in total. The number of hydrogen-bond acceptors (Lipinski definition) is 5. The van der Waals surface area contributed by atoms with E-state index in [0.29, 0.717) is 22.9 Å². The Labute approximate surface area is 190 Å². The third-order valence-electron chi connectivity index (χ3n) is 5.93. The Morgan fingerprint density at radius 3 is 2.55 bits per heavy atom. The standard InChI is InChI=1S/C25H24N6O2/c32-24(17-5-2-1-3-6-17)31-22-13-20-21(15-27-22)30-23(29-20)16-8-10-19(11-9-16)28-25(33)18-7-4-12-26-14-18/h4,7-15,17H,1-3,5-6H2,(H,28,33)(H,29,30)(H,27,31,32). The summed E-state index contributed by atoms with van der Waals surface area (Å²) in [6.07, 6.45) is 10.2. The number of nitrogens with one attached hydrogen (secondary N) is 3. The van der Waals surface area contributed by atoms with Gasteiger partial charge in [-0.3, -0.25) is 14.6 Å². The number of hydrogen-bond donors (Lipinski definition) is 3. The van der Waals surface area contributed by atoms with Crippen molar-refractivity contribution in [2.75, 3.05) is 10.6 Å². The Morgan fingerprint density at radius 2 is 1.79 bits per heavy atom. The van der Waals surface area contributed by atoms with E-state index in [1.54, 1.807) is 30.6 Å². The van der Waals surface area contributed by atoms with E-state index in [1.807, 2.05) is 24.3 Å².